The van der Waals surface area contributed by atoms with Crippen LogP contribution in [0.2, 0.25) is 0 Å². The first kappa shape index (κ1) is 15.4. The Morgan fingerprint density at radius 2 is 2.35 bits per heavy atom. The van der Waals surface area contributed by atoms with Crippen LogP contribution in [0.3, 0.4) is 0 Å². The Labute approximate surface area is 119 Å². The molecule has 7 nitrogen and oxygen atoms in total. The summed E-state index contributed by atoms with van der Waals surface area (Å²) in [5.41, 5.74) is 0.901. The van der Waals surface area contributed by atoms with E-state index >= 15 is 0 Å². The molecule has 2 N–H and O–H groups in total. The second-order valence-electron chi connectivity index (χ2n) is 5.23. The molecular formula is C13H24N4O3. The summed E-state index contributed by atoms with van der Waals surface area (Å²) in [4.78, 5) is 0. The maximum absolute atomic E-state index is 9.80. The van der Waals surface area contributed by atoms with E-state index in [1.165, 1.54) is 12.8 Å². The van der Waals surface area contributed by atoms with Crippen molar-refractivity contribution in [2.24, 2.45) is 5.92 Å². The molecule has 1 atom stereocenters. The molecule has 1 aliphatic carbocycles. The van der Waals surface area contributed by atoms with Gasteiger partial charge in [0, 0.05) is 19.9 Å². The summed E-state index contributed by atoms with van der Waals surface area (Å²) in [5.74, 6) is 0.858. The Kier molecular flexibility index (Phi) is 6.38. The number of aromatic nitrogens is 3. The fraction of sp³-hybridized carbons (Fsp3) is 0.846. The van der Waals surface area contributed by atoms with Gasteiger partial charge >= 0.3 is 0 Å². The van der Waals surface area contributed by atoms with Crippen molar-refractivity contribution in [1.29, 1.82) is 0 Å². The third-order valence-electron chi connectivity index (χ3n) is 3.16. The van der Waals surface area contributed by atoms with Crippen molar-refractivity contribution in [2.75, 3.05) is 33.5 Å². The van der Waals surface area contributed by atoms with Gasteiger partial charge < -0.3 is 19.9 Å². The quantitative estimate of drug-likeness (QED) is 0.548. The van der Waals surface area contributed by atoms with Gasteiger partial charge in [-0.1, -0.05) is 5.21 Å². The molecule has 0 radical (unpaired) electrons. The van der Waals surface area contributed by atoms with E-state index in [1.807, 2.05) is 6.20 Å². The first-order chi connectivity index (χ1) is 9.78. The minimum Gasteiger partial charge on any atom is -0.389 e. The lowest BCUT2D eigenvalue weighted by Gasteiger charge is -2.10. The molecule has 0 aromatic carbocycles. The molecule has 1 saturated carbocycles. The number of aliphatic hydroxyl groups excluding tert-OH is 1. The van der Waals surface area contributed by atoms with Crippen LogP contribution < -0.4 is 5.32 Å². The fourth-order valence-corrected chi connectivity index (χ4v) is 1.87. The van der Waals surface area contributed by atoms with Crippen molar-refractivity contribution >= 4 is 0 Å². The monoisotopic (exact) mass is 284 g/mol. The highest BCUT2D eigenvalue weighted by atomic mass is 16.5. The van der Waals surface area contributed by atoms with Crippen molar-refractivity contribution in [1.82, 2.24) is 20.3 Å². The highest BCUT2D eigenvalue weighted by molar-refractivity contribution is 4.92. The minimum absolute atomic E-state index is 0.276. The molecule has 0 spiro atoms. The molecule has 1 fully saturated rings. The maximum atomic E-state index is 9.80. The second-order valence-corrected chi connectivity index (χ2v) is 5.23. The third kappa shape index (κ3) is 5.96. The van der Waals surface area contributed by atoms with Gasteiger partial charge in [0.15, 0.2) is 0 Å². The lowest BCUT2D eigenvalue weighted by molar-refractivity contribution is 0.00579. The van der Waals surface area contributed by atoms with Crippen LogP contribution in [0.15, 0.2) is 6.20 Å². The van der Waals surface area contributed by atoms with E-state index in [1.54, 1.807) is 11.8 Å². The highest BCUT2D eigenvalue weighted by Gasteiger charge is 2.20. The van der Waals surface area contributed by atoms with E-state index in [9.17, 15) is 5.11 Å². The molecule has 20 heavy (non-hydrogen) atoms. The molecule has 0 bridgehead atoms. The zero-order valence-electron chi connectivity index (χ0n) is 12.0. The number of aliphatic hydroxyl groups is 1. The van der Waals surface area contributed by atoms with Crippen LogP contribution in [0.5, 0.6) is 0 Å². The Balaban J connectivity index is 1.60. The molecule has 7 heteroatoms. The van der Waals surface area contributed by atoms with Crippen LogP contribution in [0.25, 0.3) is 0 Å². The molecule has 114 valence electrons. The summed E-state index contributed by atoms with van der Waals surface area (Å²) < 4.78 is 11.8. The molecule has 2 rings (SSSR count). The predicted molar refractivity (Wildman–Crippen MR) is 73.2 cm³/mol. The largest absolute Gasteiger partial charge is 0.389 e. The summed E-state index contributed by atoms with van der Waals surface area (Å²) in [7, 11) is 1.62. The van der Waals surface area contributed by atoms with E-state index < -0.39 is 6.10 Å². The molecule has 1 heterocycles. The van der Waals surface area contributed by atoms with E-state index in [0.29, 0.717) is 19.8 Å². The van der Waals surface area contributed by atoms with E-state index in [2.05, 4.69) is 15.6 Å². The van der Waals surface area contributed by atoms with Crippen molar-refractivity contribution in [3.05, 3.63) is 11.9 Å². The smallest absolute Gasteiger partial charge is 0.0969 e. The average Bonchev–Trinajstić information content (AvgIpc) is 3.15. The van der Waals surface area contributed by atoms with E-state index in [4.69, 9.17) is 9.47 Å². The molecule has 1 aromatic rings. The second kappa shape index (κ2) is 8.31. The first-order valence-corrected chi connectivity index (χ1v) is 7.12. The highest BCUT2D eigenvalue weighted by Crippen LogP contribution is 2.27. The predicted octanol–water partition coefficient (Wildman–Crippen LogP) is -0.198. The van der Waals surface area contributed by atoms with Gasteiger partial charge in [-0.05, 0) is 25.3 Å². The molecule has 1 unspecified atom stereocenters. The maximum Gasteiger partial charge on any atom is 0.0969 e. The van der Waals surface area contributed by atoms with Gasteiger partial charge in [-0.15, -0.1) is 5.10 Å². The van der Waals surface area contributed by atoms with Crippen LogP contribution in [-0.4, -0.2) is 59.7 Å². The van der Waals surface area contributed by atoms with Gasteiger partial charge in [0.1, 0.15) is 0 Å². The van der Waals surface area contributed by atoms with Crippen LogP contribution in [0, 0.1) is 5.92 Å². The molecule has 1 aromatic heterocycles. The van der Waals surface area contributed by atoms with Gasteiger partial charge in [-0.3, -0.25) is 0 Å². The summed E-state index contributed by atoms with van der Waals surface area (Å²) >= 11 is 0. The average molecular weight is 284 g/mol. The van der Waals surface area contributed by atoms with E-state index in [-0.39, 0.29) is 6.61 Å². The summed E-state index contributed by atoms with van der Waals surface area (Å²) in [6.07, 6.45) is 3.96. The Bertz CT molecular complexity index is 381. The zero-order valence-corrected chi connectivity index (χ0v) is 12.0. The van der Waals surface area contributed by atoms with Gasteiger partial charge in [0.05, 0.1) is 38.2 Å². The van der Waals surface area contributed by atoms with Crippen LogP contribution in [0.4, 0.5) is 0 Å². The number of methoxy groups -OCH3 is 1. The van der Waals surface area contributed by atoms with Crippen LogP contribution in [0.1, 0.15) is 18.5 Å². The Morgan fingerprint density at radius 1 is 1.50 bits per heavy atom. The number of rotatable bonds is 11. The van der Waals surface area contributed by atoms with Crippen LogP contribution in [-0.2, 0) is 22.6 Å². The lowest BCUT2D eigenvalue weighted by Crippen LogP contribution is -2.23. The Morgan fingerprint density at radius 3 is 3.10 bits per heavy atom. The number of hydrogen-bond donors (Lipinski definition) is 2. The van der Waals surface area contributed by atoms with Crippen molar-refractivity contribution < 1.29 is 14.6 Å². The summed E-state index contributed by atoms with van der Waals surface area (Å²) in [6, 6.07) is 0. The number of ether oxygens (including phenoxy) is 2. The summed E-state index contributed by atoms with van der Waals surface area (Å²) in [5, 5.41) is 21.2. The number of nitrogens with one attached hydrogen (secondary N) is 1. The fourth-order valence-electron chi connectivity index (χ4n) is 1.87. The van der Waals surface area contributed by atoms with Crippen LogP contribution >= 0.6 is 0 Å². The van der Waals surface area contributed by atoms with Crippen molar-refractivity contribution in [3.63, 3.8) is 0 Å². The van der Waals surface area contributed by atoms with Crippen molar-refractivity contribution in [3.8, 4) is 0 Å². The first-order valence-electron chi connectivity index (χ1n) is 7.12. The Hall–Kier alpha value is -1.02. The number of hydrogen-bond acceptors (Lipinski definition) is 6. The zero-order chi connectivity index (χ0) is 14.2. The molecule has 0 saturated heterocycles. The number of nitrogens with zero attached hydrogens (tertiary/aromatic N) is 3. The SMILES string of the molecule is COCCOCC(O)Cn1cc(CNCC2CC2)nn1. The molecule has 0 amide bonds. The molecule has 0 aliphatic heterocycles. The van der Waals surface area contributed by atoms with Gasteiger partial charge in [-0.25, -0.2) is 4.68 Å². The lowest BCUT2D eigenvalue weighted by atomic mass is 10.3. The van der Waals surface area contributed by atoms with Gasteiger partial charge in [-0.2, -0.15) is 0 Å². The standard InChI is InChI=1S/C13H24N4O3/c1-19-4-5-20-10-13(18)9-17-8-12(15-16-17)7-14-6-11-2-3-11/h8,11,13-14,18H,2-7,9-10H2,1H3. The molecule has 1 aliphatic rings. The summed E-state index contributed by atoms with van der Waals surface area (Å²) in [6.45, 7) is 3.48. The molecular weight excluding hydrogens is 260 g/mol. The van der Waals surface area contributed by atoms with Gasteiger partial charge in [0.2, 0.25) is 0 Å². The van der Waals surface area contributed by atoms with E-state index in [0.717, 1.165) is 24.7 Å². The third-order valence-corrected chi connectivity index (χ3v) is 3.16. The van der Waals surface area contributed by atoms with Gasteiger partial charge in [0.25, 0.3) is 0 Å². The normalized spacial score (nSPS) is 16.5. The minimum atomic E-state index is -0.583. The van der Waals surface area contributed by atoms with Crippen molar-refractivity contribution in [2.45, 2.75) is 32.0 Å². The topological polar surface area (TPSA) is 81.4 Å².